The Balaban J connectivity index is 1.74. The summed E-state index contributed by atoms with van der Waals surface area (Å²) in [6.45, 7) is 3.79. The van der Waals surface area contributed by atoms with Crippen molar-refractivity contribution in [3.8, 4) is 11.3 Å². The van der Waals surface area contributed by atoms with Crippen molar-refractivity contribution >= 4 is 23.2 Å². The molecule has 2 aromatic carbocycles. The van der Waals surface area contributed by atoms with Gasteiger partial charge >= 0.3 is 0 Å². The average Bonchev–Trinajstić information content (AvgIpc) is 2.92. The molecule has 0 unspecified atom stereocenters. The minimum absolute atomic E-state index is 0.101. The predicted octanol–water partition coefficient (Wildman–Crippen LogP) is 3.75. The average molecular weight is 356 g/mol. The molecule has 1 amide bonds. The van der Waals surface area contributed by atoms with E-state index >= 15 is 0 Å². The van der Waals surface area contributed by atoms with E-state index in [1.165, 1.54) is 10.7 Å². The Hall–Kier alpha value is -2.79. The number of hydrogen-bond donors (Lipinski definition) is 2. The lowest BCUT2D eigenvalue weighted by Crippen LogP contribution is -2.25. The number of anilines is 1. The van der Waals surface area contributed by atoms with E-state index in [0.717, 1.165) is 16.7 Å². The number of nitrogens with one attached hydrogen (secondary N) is 2. The van der Waals surface area contributed by atoms with Gasteiger partial charge in [0.15, 0.2) is 0 Å². The van der Waals surface area contributed by atoms with Crippen LogP contribution in [-0.4, -0.2) is 15.7 Å². The van der Waals surface area contributed by atoms with Gasteiger partial charge in [0, 0.05) is 16.8 Å². The van der Waals surface area contributed by atoms with Crippen molar-refractivity contribution < 1.29 is 4.79 Å². The number of nitrogens with zero attached hydrogens (tertiary/aromatic N) is 1. The molecule has 0 spiro atoms. The van der Waals surface area contributed by atoms with Gasteiger partial charge in [-0.25, -0.2) is 4.68 Å². The third-order valence-corrected chi connectivity index (χ3v) is 4.32. The third-order valence-electron chi connectivity index (χ3n) is 3.91. The monoisotopic (exact) mass is 355 g/mol. The molecule has 6 heteroatoms. The number of carbonyl (C=O) groups is 1. The zero-order valence-corrected chi connectivity index (χ0v) is 14.7. The van der Waals surface area contributed by atoms with Gasteiger partial charge in [0.25, 0.3) is 5.56 Å². The van der Waals surface area contributed by atoms with Crippen LogP contribution >= 0.6 is 11.6 Å². The maximum atomic E-state index is 12.2. The zero-order chi connectivity index (χ0) is 18.0. The lowest BCUT2D eigenvalue weighted by Gasteiger charge is -2.07. The number of H-pyrrole nitrogens is 1. The third kappa shape index (κ3) is 4.00. The molecule has 5 nitrogen and oxygen atoms in total. The molecule has 1 aromatic heterocycles. The smallest absolute Gasteiger partial charge is 0.267 e. The van der Waals surface area contributed by atoms with Crippen LogP contribution in [0.3, 0.4) is 0 Å². The van der Waals surface area contributed by atoms with E-state index in [2.05, 4.69) is 10.4 Å². The number of halogens is 1. The first-order valence-corrected chi connectivity index (χ1v) is 8.23. The maximum Gasteiger partial charge on any atom is 0.267 e. The van der Waals surface area contributed by atoms with Crippen LogP contribution in [0.2, 0.25) is 5.02 Å². The molecule has 0 aliphatic heterocycles. The van der Waals surface area contributed by atoms with Gasteiger partial charge in [-0.15, -0.1) is 0 Å². The van der Waals surface area contributed by atoms with Gasteiger partial charge < -0.3 is 5.32 Å². The van der Waals surface area contributed by atoms with E-state index in [4.69, 9.17) is 11.6 Å². The molecule has 2 N–H and O–H groups in total. The first kappa shape index (κ1) is 17.0. The van der Waals surface area contributed by atoms with E-state index in [0.29, 0.717) is 16.4 Å². The Kier molecular flexibility index (Phi) is 4.76. The van der Waals surface area contributed by atoms with Gasteiger partial charge in [-0.3, -0.25) is 14.7 Å². The van der Waals surface area contributed by atoms with Crippen LogP contribution in [0.5, 0.6) is 0 Å². The van der Waals surface area contributed by atoms with Crippen LogP contribution in [0.15, 0.2) is 53.3 Å². The second-order valence-electron chi connectivity index (χ2n) is 5.97. The molecular weight excluding hydrogens is 338 g/mol. The summed E-state index contributed by atoms with van der Waals surface area (Å²) in [5.74, 6) is -0.306. The van der Waals surface area contributed by atoms with Crippen molar-refractivity contribution in [1.82, 2.24) is 9.78 Å². The number of aromatic nitrogens is 2. The largest absolute Gasteiger partial charge is 0.324 e. The van der Waals surface area contributed by atoms with Crippen LogP contribution < -0.4 is 10.9 Å². The Morgan fingerprint density at radius 2 is 1.84 bits per heavy atom. The molecule has 0 fully saturated rings. The van der Waals surface area contributed by atoms with Crippen molar-refractivity contribution in [3.05, 3.63) is 75.0 Å². The summed E-state index contributed by atoms with van der Waals surface area (Å²) in [4.78, 5) is 24.3. The first-order valence-electron chi connectivity index (χ1n) is 7.85. The van der Waals surface area contributed by atoms with Crippen LogP contribution in [0, 0.1) is 13.8 Å². The van der Waals surface area contributed by atoms with Gasteiger partial charge in [-0.1, -0.05) is 47.5 Å². The number of aryl methyl sites for hydroxylation is 2. The molecule has 0 saturated heterocycles. The van der Waals surface area contributed by atoms with Crippen LogP contribution in [0.1, 0.15) is 11.1 Å². The van der Waals surface area contributed by atoms with Crippen molar-refractivity contribution in [2.45, 2.75) is 20.4 Å². The molecule has 0 aliphatic rings. The van der Waals surface area contributed by atoms with Crippen LogP contribution in [0.4, 0.5) is 5.69 Å². The fourth-order valence-corrected chi connectivity index (χ4v) is 2.63. The standard InChI is InChI=1S/C19H18ClN3O2/c1-12-3-6-14(7-4-12)17-10-19(25)23(22-17)11-18(24)21-15-8-5-13(2)16(20)9-15/h3-10,22H,11H2,1-2H3,(H,21,24). The fourth-order valence-electron chi connectivity index (χ4n) is 2.45. The summed E-state index contributed by atoms with van der Waals surface area (Å²) in [6, 6.07) is 14.6. The summed E-state index contributed by atoms with van der Waals surface area (Å²) in [5.41, 5.74) is 3.99. The summed E-state index contributed by atoms with van der Waals surface area (Å²) in [5, 5.41) is 6.29. The molecule has 128 valence electrons. The molecule has 25 heavy (non-hydrogen) atoms. The lowest BCUT2D eigenvalue weighted by atomic mass is 10.1. The molecule has 3 rings (SSSR count). The van der Waals surface area contributed by atoms with Gasteiger partial charge in [0.2, 0.25) is 5.91 Å². The summed E-state index contributed by atoms with van der Waals surface area (Å²) in [6.07, 6.45) is 0. The topological polar surface area (TPSA) is 66.9 Å². The first-order chi connectivity index (χ1) is 11.9. The normalized spacial score (nSPS) is 10.7. The second-order valence-corrected chi connectivity index (χ2v) is 6.38. The van der Waals surface area contributed by atoms with E-state index < -0.39 is 0 Å². The number of amides is 1. The highest BCUT2D eigenvalue weighted by Crippen LogP contribution is 2.20. The molecule has 0 atom stereocenters. The Labute approximate surface area is 150 Å². The van der Waals surface area contributed by atoms with E-state index in [1.807, 2.05) is 44.2 Å². The molecule has 0 bridgehead atoms. The van der Waals surface area contributed by atoms with Crippen LogP contribution in [0.25, 0.3) is 11.3 Å². The molecule has 1 heterocycles. The number of carbonyl (C=O) groups excluding carboxylic acids is 1. The summed E-state index contributed by atoms with van der Waals surface area (Å²) >= 11 is 6.05. The highest BCUT2D eigenvalue weighted by Gasteiger charge is 2.10. The summed E-state index contributed by atoms with van der Waals surface area (Å²) < 4.78 is 1.28. The quantitative estimate of drug-likeness (QED) is 0.748. The highest BCUT2D eigenvalue weighted by atomic mass is 35.5. The van der Waals surface area contributed by atoms with Gasteiger partial charge in [-0.2, -0.15) is 0 Å². The fraction of sp³-hybridized carbons (Fsp3) is 0.158. The highest BCUT2D eigenvalue weighted by molar-refractivity contribution is 6.31. The van der Waals surface area contributed by atoms with Crippen molar-refractivity contribution in [2.75, 3.05) is 5.32 Å². The number of benzene rings is 2. The van der Waals surface area contributed by atoms with Gasteiger partial charge in [-0.05, 0) is 37.1 Å². The van der Waals surface area contributed by atoms with Gasteiger partial charge in [0.05, 0.1) is 5.69 Å². The minimum atomic E-state index is -0.306. The SMILES string of the molecule is Cc1ccc(-c2cc(=O)n(CC(=O)Nc3ccc(C)c(Cl)c3)[nH]2)cc1. The maximum absolute atomic E-state index is 12.2. The minimum Gasteiger partial charge on any atom is -0.324 e. The van der Waals surface area contributed by atoms with Crippen molar-refractivity contribution in [3.63, 3.8) is 0 Å². The summed E-state index contributed by atoms with van der Waals surface area (Å²) in [7, 11) is 0. The Morgan fingerprint density at radius 1 is 1.12 bits per heavy atom. The molecular formula is C19H18ClN3O2. The van der Waals surface area contributed by atoms with E-state index in [-0.39, 0.29) is 18.0 Å². The zero-order valence-electron chi connectivity index (χ0n) is 14.0. The Morgan fingerprint density at radius 3 is 2.52 bits per heavy atom. The Bertz CT molecular complexity index is 971. The number of rotatable bonds is 4. The number of aromatic amines is 1. The van der Waals surface area contributed by atoms with Gasteiger partial charge in [0.1, 0.15) is 6.54 Å². The number of hydrogen-bond acceptors (Lipinski definition) is 2. The molecule has 0 radical (unpaired) electrons. The van der Waals surface area contributed by atoms with Crippen molar-refractivity contribution in [2.24, 2.45) is 0 Å². The molecule has 0 aliphatic carbocycles. The molecule has 0 saturated carbocycles. The molecule has 3 aromatic rings. The van der Waals surface area contributed by atoms with Crippen LogP contribution in [-0.2, 0) is 11.3 Å². The van der Waals surface area contributed by atoms with E-state index in [1.54, 1.807) is 12.1 Å². The predicted molar refractivity (Wildman–Crippen MR) is 100 cm³/mol. The lowest BCUT2D eigenvalue weighted by molar-refractivity contribution is -0.116. The van der Waals surface area contributed by atoms with E-state index in [9.17, 15) is 9.59 Å². The van der Waals surface area contributed by atoms with Crippen molar-refractivity contribution in [1.29, 1.82) is 0 Å². The second kappa shape index (κ2) is 6.99.